The van der Waals surface area contributed by atoms with Gasteiger partial charge in [0.2, 0.25) is 0 Å². The van der Waals surface area contributed by atoms with Gasteiger partial charge in [0.15, 0.2) is 0 Å². The second kappa shape index (κ2) is 5.32. The van der Waals surface area contributed by atoms with Crippen molar-refractivity contribution < 1.29 is 0 Å². The van der Waals surface area contributed by atoms with Gasteiger partial charge >= 0.3 is 0 Å². The van der Waals surface area contributed by atoms with Crippen LogP contribution in [0.2, 0.25) is 0 Å². The van der Waals surface area contributed by atoms with Crippen LogP contribution in [0.1, 0.15) is 31.2 Å². The molecule has 0 amide bonds. The fourth-order valence-electron chi connectivity index (χ4n) is 2.42. The Bertz CT molecular complexity index is 277. The largest absolute Gasteiger partial charge is 0.317 e. The zero-order valence-corrected chi connectivity index (χ0v) is 9.58. The number of hydrogen-bond donors (Lipinski definition) is 1. The Balaban J connectivity index is 1.80. The van der Waals surface area contributed by atoms with Gasteiger partial charge in [0.1, 0.15) is 0 Å². The molecule has 0 saturated heterocycles. The minimum atomic E-state index is 0.735. The average Bonchev–Trinajstić information content (AvgIpc) is 2.23. The van der Waals surface area contributed by atoms with Crippen molar-refractivity contribution in [2.24, 2.45) is 5.92 Å². The summed E-state index contributed by atoms with van der Waals surface area (Å²) in [6.45, 7) is 0. The Hall–Kier alpha value is -0.820. The maximum atomic E-state index is 3.47. The molecule has 15 heavy (non-hydrogen) atoms. The molecule has 1 aliphatic rings. The van der Waals surface area contributed by atoms with E-state index in [1.807, 2.05) is 0 Å². The van der Waals surface area contributed by atoms with Crippen molar-refractivity contribution in [3.63, 3.8) is 0 Å². The molecule has 1 saturated carbocycles. The standard InChI is InChI=1S/C14H21N/c1-15-14(13-8-5-9-13)11-10-12-6-3-2-4-7-12/h2-4,6-7,13-15H,5,8-11H2,1H3. The quantitative estimate of drug-likeness (QED) is 0.775. The number of benzene rings is 1. The maximum absolute atomic E-state index is 3.47. The lowest BCUT2D eigenvalue weighted by molar-refractivity contribution is 0.228. The molecule has 1 aromatic rings. The highest BCUT2D eigenvalue weighted by atomic mass is 14.9. The molecule has 1 unspecified atom stereocenters. The smallest absolute Gasteiger partial charge is 0.00954 e. The van der Waals surface area contributed by atoms with E-state index >= 15 is 0 Å². The molecule has 0 bridgehead atoms. The van der Waals surface area contributed by atoms with Gasteiger partial charge in [-0.05, 0) is 44.2 Å². The van der Waals surface area contributed by atoms with Crippen LogP contribution in [0.25, 0.3) is 0 Å². The molecule has 1 nitrogen and oxygen atoms in total. The van der Waals surface area contributed by atoms with E-state index in [0.29, 0.717) is 0 Å². The topological polar surface area (TPSA) is 12.0 Å². The lowest BCUT2D eigenvalue weighted by Crippen LogP contribution is -2.37. The highest BCUT2D eigenvalue weighted by Crippen LogP contribution is 2.31. The third-order valence-corrected chi connectivity index (χ3v) is 3.68. The molecule has 0 spiro atoms. The van der Waals surface area contributed by atoms with E-state index in [0.717, 1.165) is 12.0 Å². The number of aryl methyl sites for hydroxylation is 1. The summed E-state index contributed by atoms with van der Waals surface area (Å²) in [6, 6.07) is 11.5. The van der Waals surface area contributed by atoms with Crippen LogP contribution in [0.4, 0.5) is 0 Å². The van der Waals surface area contributed by atoms with Crippen molar-refractivity contribution in [3.05, 3.63) is 35.9 Å². The Morgan fingerprint density at radius 3 is 2.53 bits per heavy atom. The highest BCUT2D eigenvalue weighted by molar-refractivity contribution is 5.14. The van der Waals surface area contributed by atoms with Crippen molar-refractivity contribution in [1.29, 1.82) is 0 Å². The molecule has 1 heteroatoms. The van der Waals surface area contributed by atoms with Crippen LogP contribution in [0, 0.1) is 5.92 Å². The first-order valence-electron chi connectivity index (χ1n) is 6.11. The summed E-state index contributed by atoms with van der Waals surface area (Å²) in [6.07, 6.45) is 6.79. The summed E-state index contributed by atoms with van der Waals surface area (Å²) < 4.78 is 0. The SMILES string of the molecule is CNC(CCc1ccccc1)C1CCC1. The summed E-state index contributed by atoms with van der Waals surface area (Å²) in [5, 5.41) is 3.47. The summed E-state index contributed by atoms with van der Waals surface area (Å²) in [4.78, 5) is 0. The van der Waals surface area contributed by atoms with Gasteiger partial charge in [0.05, 0.1) is 0 Å². The molecule has 0 aliphatic heterocycles. The van der Waals surface area contributed by atoms with Gasteiger partial charge in [0, 0.05) is 6.04 Å². The van der Waals surface area contributed by atoms with Crippen LogP contribution in [0.5, 0.6) is 0 Å². The first-order chi connectivity index (χ1) is 7.40. The Labute approximate surface area is 92.9 Å². The summed E-state index contributed by atoms with van der Waals surface area (Å²) in [5.74, 6) is 0.943. The third kappa shape index (κ3) is 2.82. The fourth-order valence-corrected chi connectivity index (χ4v) is 2.42. The van der Waals surface area contributed by atoms with E-state index in [-0.39, 0.29) is 0 Å². The van der Waals surface area contributed by atoms with Crippen molar-refractivity contribution in [2.75, 3.05) is 7.05 Å². The molecule has 2 rings (SSSR count). The van der Waals surface area contributed by atoms with Crippen LogP contribution in [-0.2, 0) is 6.42 Å². The highest BCUT2D eigenvalue weighted by Gasteiger charge is 2.25. The van der Waals surface area contributed by atoms with Crippen LogP contribution in [0.3, 0.4) is 0 Å². The van der Waals surface area contributed by atoms with Gasteiger partial charge in [-0.25, -0.2) is 0 Å². The molecular weight excluding hydrogens is 182 g/mol. The molecular formula is C14H21N. The van der Waals surface area contributed by atoms with Crippen LogP contribution in [0.15, 0.2) is 30.3 Å². The van der Waals surface area contributed by atoms with E-state index in [2.05, 4.69) is 42.7 Å². The van der Waals surface area contributed by atoms with Gasteiger partial charge in [-0.1, -0.05) is 36.8 Å². The zero-order chi connectivity index (χ0) is 10.5. The minimum Gasteiger partial charge on any atom is -0.317 e. The number of hydrogen-bond acceptors (Lipinski definition) is 1. The number of rotatable bonds is 5. The second-order valence-electron chi connectivity index (χ2n) is 4.61. The summed E-state index contributed by atoms with van der Waals surface area (Å²) in [7, 11) is 2.11. The van der Waals surface area contributed by atoms with Crippen molar-refractivity contribution >= 4 is 0 Å². The van der Waals surface area contributed by atoms with Crippen LogP contribution in [-0.4, -0.2) is 13.1 Å². The van der Waals surface area contributed by atoms with Crippen molar-refractivity contribution in [3.8, 4) is 0 Å². The molecule has 0 radical (unpaired) electrons. The van der Waals surface area contributed by atoms with Gasteiger partial charge in [-0.2, -0.15) is 0 Å². The van der Waals surface area contributed by atoms with Crippen LogP contribution >= 0.6 is 0 Å². The molecule has 0 heterocycles. The predicted octanol–water partition coefficient (Wildman–Crippen LogP) is 3.01. The first-order valence-corrected chi connectivity index (χ1v) is 6.11. The van der Waals surface area contributed by atoms with Crippen molar-refractivity contribution in [2.45, 2.75) is 38.1 Å². The zero-order valence-electron chi connectivity index (χ0n) is 9.58. The van der Waals surface area contributed by atoms with E-state index < -0.39 is 0 Å². The predicted molar refractivity (Wildman–Crippen MR) is 65.0 cm³/mol. The van der Waals surface area contributed by atoms with E-state index in [9.17, 15) is 0 Å². The molecule has 82 valence electrons. The summed E-state index contributed by atoms with van der Waals surface area (Å²) in [5.41, 5.74) is 1.47. The molecule has 1 aliphatic carbocycles. The molecule has 1 fully saturated rings. The van der Waals surface area contributed by atoms with Gasteiger partial charge in [-0.3, -0.25) is 0 Å². The summed E-state index contributed by atoms with van der Waals surface area (Å²) >= 11 is 0. The van der Waals surface area contributed by atoms with Crippen LogP contribution < -0.4 is 5.32 Å². The van der Waals surface area contributed by atoms with Gasteiger partial charge in [0.25, 0.3) is 0 Å². The van der Waals surface area contributed by atoms with Gasteiger partial charge < -0.3 is 5.32 Å². The average molecular weight is 203 g/mol. The Morgan fingerprint density at radius 2 is 2.00 bits per heavy atom. The van der Waals surface area contributed by atoms with E-state index in [1.54, 1.807) is 0 Å². The number of nitrogens with one attached hydrogen (secondary N) is 1. The van der Waals surface area contributed by atoms with Gasteiger partial charge in [-0.15, -0.1) is 0 Å². The lowest BCUT2D eigenvalue weighted by Gasteiger charge is -2.33. The van der Waals surface area contributed by atoms with E-state index in [4.69, 9.17) is 0 Å². The molecule has 1 N–H and O–H groups in total. The second-order valence-corrected chi connectivity index (χ2v) is 4.61. The van der Waals surface area contributed by atoms with E-state index in [1.165, 1.54) is 37.7 Å². The Morgan fingerprint density at radius 1 is 1.27 bits per heavy atom. The molecule has 0 aromatic heterocycles. The molecule has 1 atom stereocenters. The molecule has 1 aromatic carbocycles. The Kier molecular flexibility index (Phi) is 3.79. The lowest BCUT2D eigenvalue weighted by atomic mass is 9.78. The monoisotopic (exact) mass is 203 g/mol. The third-order valence-electron chi connectivity index (χ3n) is 3.68. The normalized spacial score (nSPS) is 18.5. The van der Waals surface area contributed by atoms with Crippen molar-refractivity contribution in [1.82, 2.24) is 5.32 Å². The first kappa shape index (κ1) is 10.7. The maximum Gasteiger partial charge on any atom is 0.00954 e. The fraction of sp³-hybridized carbons (Fsp3) is 0.571. The minimum absolute atomic E-state index is 0.735.